The number of pyridine rings is 1. The molecule has 0 radical (unpaired) electrons. The summed E-state index contributed by atoms with van der Waals surface area (Å²) in [6.07, 6.45) is 2.68. The van der Waals surface area contributed by atoms with Gasteiger partial charge in [0.25, 0.3) is 0 Å². The molecule has 162 valence electrons. The second kappa shape index (κ2) is 12.1. The molecule has 30 heavy (non-hydrogen) atoms. The van der Waals surface area contributed by atoms with Gasteiger partial charge in [0, 0.05) is 61.4 Å². The van der Waals surface area contributed by atoms with Gasteiger partial charge in [-0.3, -0.25) is 0 Å². The SMILES string of the molecule is Nc1ccc(-c2cc3cc(OCCCN(CCS)CCNCCS)ccc3o2)cn1. The average molecular weight is 447 g/mol. The molecule has 3 N–H and O–H groups in total. The Morgan fingerprint density at radius 3 is 2.70 bits per heavy atom. The van der Waals surface area contributed by atoms with Crippen LogP contribution in [0.15, 0.2) is 47.0 Å². The topological polar surface area (TPSA) is 76.6 Å². The van der Waals surface area contributed by atoms with E-state index >= 15 is 0 Å². The Morgan fingerprint density at radius 1 is 1.03 bits per heavy atom. The second-order valence-electron chi connectivity index (χ2n) is 7.02. The molecule has 8 heteroatoms. The van der Waals surface area contributed by atoms with Gasteiger partial charge in [-0.25, -0.2) is 4.98 Å². The van der Waals surface area contributed by atoms with E-state index in [-0.39, 0.29) is 0 Å². The number of benzene rings is 1. The van der Waals surface area contributed by atoms with Crippen LogP contribution in [0.4, 0.5) is 5.82 Å². The molecule has 0 unspecified atom stereocenters. The first-order chi connectivity index (χ1) is 14.7. The van der Waals surface area contributed by atoms with Crippen LogP contribution in [0.1, 0.15) is 6.42 Å². The molecule has 6 nitrogen and oxygen atoms in total. The van der Waals surface area contributed by atoms with Gasteiger partial charge in [-0.15, -0.1) is 0 Å². The lowest BCUT2D eigenvalue weighted by atomic mass is 10.2. The van der Waals surface area contributed by atoms with Gasteiger partial charge in [-0.05, 0) is 42.8 Å². The van der Waals surface area contributed by atoms with E-state index in [0.29, 0.717) is 12.4 Å². The van der Waals surface area contributed by atoms with Crippen molar-refractivity contribution < 1.29 is 9.15 Å². The lowest BCUT2D eigenvalue weighted by Gasteiger charge is -2.21. The largest absolute Gasteiger partial charge is 0.494 e. The van der Waals surface area contributed by atoms with Crippen LogP contribution in [0.3, 0.4) is 0 Å². The number of rotatable bonds is 13. The Labute approximate surface area is 189 Å². The maximum absolute atomic E-state index is 5.97. The highest BCUT2D eigenvalue weighted by Crippen LogP contribution is 2.30. The van der Waals surface area contributed by atoms with Crippen molar-refractivity contribution in [2.75, 3.05) is 56.6 Å². The number of hydrogen-bond donors (Lipinski definition) is 4. The highest BCUT2D eigenvalue weighted by Gasteiger charge is 2.08. The monoisotopic (exact) mass is 446 g/mol. The maximum atomic E-state index is 5.97. The van der Waals surface area contributed by atoms with Gasteiger partial charge in [0.05, 0.1) is 6.61 Å². The molecular weight excluding hydrogens is 416 g/mol. The van der Waals surface area contributed by atoms with Gasteiger partial charge in [-0.2, -0.15) is 25.3 Å². The number of ether oxygens (including phenoxy) is 1. The van der Waals surface area contributed by atoms with Crippen LogP contribution in [0.2, 0.25) is 0 Å². The quantitative estimate of drug-likeness (QED) is 0.237. The summed E-state index contributed by atoms with van der Waals surface area (Å²) >= 11 is 8.59. The third-order valence-corrected chi connectivity index (χ3v) is 5.18. The van der Waals surface area contributed by atoms with E-state index in [1.807, 2.05) is 30.3 Å². The van der Waals surface area contributed by atoms with E-state index in [4.69, 9.17) is 14.9 Å². The number of anilines is 1. The molecule has 0 saturated heterocycles. The number of thiol groups is 2. The third kappa shape index (κ3) is 6.84. The molecule has 0 aliphatic heterocycles. The van der Waals surface area contributed by atoms with Crippen molar-refractivity contribution in [2.24, 2.45) is 0 Å². The van der Waals surface area contributed by atoms with Crippen molar-refractivity contribution in [2.45, 2.75) is 6.42 Å². The predicted octanol–water partition coefficient (Wildman–Crippen LogP) is 3.60. The number of furan rings is 1. The highest BCUT2D eigenvalue weighted by atomic mass is 32.1. The van der Waals surface area contributed by atoms with Gasteiger partial charge >= 0.3 is 0 Å². The summed E-state index contributed by atoms with van der Waals surface area (Å²) in [5.41, 5.74) is 7.38. The Bertz CT molecular complexity index is 902. The minimum absolute atomic E-state index is 0.493. The van der Waals surface area contributed by atoms with Crippen molar-refractivity contribution in [1.82, 2.24) is 15.2 Å². The number of fused-ring (bicyclic) bond motifs is 1. The van der Waals surface area contributed by atoms with Crippen LogP contribution in [-0.2, 0) is 0 Å². The van der Waals surface area contributed by atoms with E-state index in [2.05, 4.69) is 40.5 Å². The van der Waals surface area contributed by atoms with Gasteiger partial charge < -0.3 is 25.1 Å². The predicted molar refractivity (Wildman–Crippen MR) is 131 cm³/mol. The Kier molecular flexibility index (Phi) is 9.20. The smallest absolute Gasteiger partial charge is 0.136 e. The van der Waals surface area contributed by atoms with Crippen molar-refractivity contribution in [1.29, 1.82) is 0 Å². The van der Waals surface area contributed by atoms with Gasteiger partial charge in [-0.1, -0.05) is 0 Å². The molecule has 0 spiro atoms. The molecule has 1 aromatic carbocycles. The van der Waals surface area contributed by atoms with E-state index in [9.17, 15) is 0 Å². The van der Waals surface area contributed by atoms with Crippen LogP contribution >= 0.6 is 25.3 Å². The highest BCUT2D eigenvalue weighted by molar-refractivity contribution is 7.80. The van der Waals surface area contributed by atoms with Crippen LogP contribution in [-0.4, -0.2) is 60.7 Å². The summed E-state index contributed by atoms with van der Waals surface area (Å²) in [5.74, 6) is 3.83. The molecule has 0 saturated carbocycles. The minimum atomic E-state index is 0.493. The molecule has 3 aromatic rings. The first-order valence-corrected chi connectivity index (χ1v) is 11.5. The minimum Gasteiger partial charge on any atom is -0.494 e. The van der Waals surface area contributed by atoms with Gasteiger partial charge in [0.1, 0.15) is 22.9 Å². The van der Waals surface area contributed by atoms with Crippen molar-refractivity contribution in [3.8, 4) is 17.1 Å². The summed E-state index contributed by atoms with van der Waals surface area (Å²) in [4.78, 5) is 6.54. The number of nitrogens with zero attached hydrogens (tertiary/aromatic N) is 2. The summed E-state index contributed by atoms with van der Waals surface area (Å²) in [6, 6.07) is 11.6. The number of hydrogen-bond acceptors (Lipinski definition) is 8. The Hall–Kier alpha value is -1.87. The fourth-order valence-corrected chi connectivity index (χ4v) is 3.64. The van der Waals surface area contributed by atoms with Crippen LogP contribution in [0.25, 0.3) is 22.3 Å². The summed E-state index contributed by atoms with van der Waals surface area (Å²) in [5, 5.41) is 4.39. The molecule has 0 atom stereocenters. The first-order valence-electron chi connectivity index (χ1n) is 10.2. The Balaban J connectivity index is 1.50. The number of nitrogen functional groups attached to an aromatic ring is 1. The third-order valence-electron chi connectivity index (χ3n) is 4.76. The van der Waals surface area contributed by atoms with Gasteiger partial charge in [0.2, 0.25) is 0 Å². The van der Waals surface area contributed by atoms with E-state index < -0.39 is 0 Å². The summed E-state index contributed by atoms with van der Waals surface area (Å²) < 4.78 is 11.9. The maximum Gasteiger partial charge on any atom is 0.136 e. The molecule has 0 fully saturated rings. The van der Waals surface area contributed by atoms with Crippen LogP contribution in [0.5, 0.6) is 5.75 Å². The van der Waals surface area contributed by atoms with Crippen LogP contribution in [0, 0.1) is 0 Å². The normalized spacial score (nSPS) is 11.4. The summed E-state index contributed by atoms with van der Waals surface area (Å²) in [7, 11) is 0. The number of nitrogens with one attached hydrogen (secondary N) is 1. The fourth-order valence-electron chi connectivity index (χ4n) is 3.20. The van der Waals surface area contributed by atoms with Crippen LogP contribution < -0.4 is 15.8 Å². The number of aromatic nitrogens is 1. The molecule has 0 bridgehead atoms. The lowest BCUT2D eigenvalue weighted by Crippen LogP contribution is -2.35. The second-order valence-corrected chi connectivity index (χ2v) is 7.92. The zero-order valence-corrected chi connectivity index (χ0v) is 18.9. The molecule has 0 aliphatic carbocycles. The standard InChI is InChI=1S/C22H30N4O2S2/c23-22-5-2-17(16-25-22)21-15-18-14-19(3-4-20(18)28-21)27-11-1-8-26(10-13-30)9-6-24-7-12-29/h2-5,14-16,24,29-30H,1,6-13H2,(H2,23,25). The first kappa shape index (κ1) is 22.8. The Morgan fingerprint density at radius 2 is 1.93 bits per heavy atom. The van der Waals surface area contributed by atoms with Crippen molar-refractivity contribution >= 4 is 42.0 Å². The fraction of sp³-hybridized carbons (Fsp3) is 0.409. The zero-order chi connectivity index (χ0) is 21.2. The van der Waals surface area contributed by atoms with Crippen molar-refractivity contribution in [3.63, 3.8) is 0 Å². The van der Waals surface area contributed by atoms with E-state index in [1.165, 1.54) is 0 Å². The molecule has 0 aliphatic rings. The molecule has 2 heterocycles. The van der Waals surface area contributed by atoms with E-state index in [1.54, 1.807) is 12.3 Å². The zero-order valence-electron chi connectivity index (χ0n) is 17.1. The number of nitrogens with two attached hydrogens (primary N) is 1. The molecule has 0 amide bonds. The van der Waals surface area contributed by atoms with Crippen molar-refractivity contribution in [3.05, 3.63) is 42.6 Å². The lowest BCUT2D eigenvalue weighted by molar-refractivity contribution is 0.243. The summed E-state index contributed by atoms with van der Waals surface area (Å²) in [6.45, 7) is 5.57. The van der Waals surface area contributed by atoms with E-state index in [0.717, 1.165) is 78.7 Å². The molecular formula is C22H30N4O2S2. The molecule has 2 aromatic heterocycles. The average Bonchev–Trinajstić information content (AvgIpc) is 3.18. The molecule has 3 rings (SSSR count). The van der Waals surface area contributed by atoms with Gasteiger partial charge in [0.15, 0.2) is 0 Å².